The van der Waals surface area contributed by atoms with Crippen molar-refractivity contribution in [1.29, 1.82) is 0 Å². The Hall–Kier alpha value is -2.98. The van der Waals surface area contributed by atoms with Crippen LogP contribution in [0.25, 0.3) is 0 Å². The van der Waals surface area contributed by atoms with E-state index < -0.39 is 37.0 Å². The van der Waals surface area contributed by atoms with Crippen LogP contribution in [0.2, 0.25) is 0 Å². The molecule has 0 fully saturated rings. The Morgan fingerprint density at radius 2 is 1.58 bits per heavy atom. The Morgan fingerprint density at radius 1 is 1.00 bits per heavy atom. The second-order valence-corrected chi connectivity index (χ2v) is 4.94. The van der Waals surface area contributed by atoms with Crippen LogP contribution in [0, 0.1) is 0 Å². The van der Waals surface area contributed by atoms with Crippen LogP contribution in [0.3, 0.4) is 0 Å². The van der Waals surface area contributed by atoms with Gasteiger partial charge in [-0.15, -0.1) is 0 Å². The molecule has 0 aliphatic heterocycles. The van der Waals surface area contributed by atoms with Crippen molar-refractivity contribution in [3.63, 3.8) is 0 Å². The zero-order valence-corrected chi connectivity index (χ0v) is 14.4. The molecule has 3 N–H and O–H groups in total. The summed E-state index contributed by atoms with van der Waals surface area (Å²) in [6.07, 6.45) is 0. The minimum Gasteiger partial charge on any atom is -0.465 e. The third-order valence-corrected chi connectivity index (χ3v) is 3.32. The fraction of sp³-hybridized carbons (Fsp3) is 0.375. The van der Waals surface area contributed by atoms with Gasteiger partial charge in [0.05, 0.1) is 44.2 Å². The molecular formula is C16H20N2O8. The van der Waals surface area contributed by atoms with Crippen LogP contribution in [0.5, 0.6) is 0 Å². The quantitative estimate of drug-likeness (QED) is 0.411. The lowest BCUT2D eigenvalue weighted by Crippen LogP contribution is -2.42. The number of aliphatic hydroxyl groups is 2. The highest BCUT2D eigenvalue weighted by molar-refractivity contribution is 6.39. The number of anilines is 1. The molecule has 0 aromatic heterocycles. The number of amides is 2. The lowest BCUT2D eigenvalue weighted by Gasteiger charge is -2.20. The molecule has 0 aliphatic carbocycles. The summed E-state index contributed by atoms with van der Waals surface area (Å²) in [4.78, 5) is 48.7. The van der Waals surface area contributed by atoms with E-state index in [-0.39, 0.29) is 29.9 Å². The molecule has 0 saturated heterocycles. The van der Waals surface area contributed by atoms with E-state index in [0.717, 1.165) is 12.0 Å². The van der Waals surface area contributed by atoms with Gasteiger partial charge in [-0.3, -0.25) is 9.59 Å². The van der Waals surface area contributed by atoms with E-state index in [1.54, 1.807) is 0 Å². The molecule has 1 aromatic carbocycles. The number of nitrogens with one attached hydrogen (secondary N) is 1. The zero-order valence-electron chi connectivity index (χ0n) is 14.4. The Kier molecular flexibility index (Phi) is 8.19. The molecule has 2 amide bonds. The van der Waals surface area contributed by atoms with Gasteiger partial charge in [0.2, 0.25) is 0 Å². The van der Waals surface area contributed by atoms with Crippen molar-refractivity contribution in [2.45, 2.75) is 0 Å². The molecule has 10 heteroatoms. The largest absolute Gasteiger partial charge is 0.465 e. The van der Waals surface area contributed by atoms with Crippen molar-refractivity contribution >= 4 is 29.4 Å². The average Bonchev–Trinajstić information content (AvgIpc) is 2.65. The summed E-state index contributed by atoms with van der Waals surface area (Å²) in [5.41, 5.74) is -0.145. The first-order valence-corrected chi connectivity index (χ1v) is 7.52. The maximum Gasteiger partial charge on any atom is 0.339 e. The van der Waals surface area contributed by atoms with Gasteiger partial charge < -0.3 is 29.9 Å². The van der Waals surface area contributed by atoms with Crippen molar-refractivity contribution in [3.8, 4) is 0 Å². The standard InChI is InChI=1S/C16H20N2O8/c1-25-15(23)10-3-4-11(16(24)26-2)12(9-10)17-13(21)14(22)18(5-7-19)6-8-20/h3-4,9,19-20H,5-8H2,1-2H3,(H,17,21). The molecule has 0 atom stereocenters. The molecule has 0 saturated carbocycles. The van der Waals surface area contributed by atoms with Gasteiger partial charge in [-0.1, -0.05) is 0 Å². The zero-order chi connectivity index (χ0) is 19.7. The molecule has 26 heavy (non-hydrogen) atoms. The van der Waals surface area contributed by atoms with Crippen molar-refractivity contribution in [3.05, 3.63) is 29.3 Å². The predicted octanol–water partition coefficient (Wildman–Crippen LogP) is -0.988. The van der Waals surface area contributed by atoms with Crippen LogP contribution in [-0.2, 0) is 19.1 Å². The second-order valence-electron chi connectivity index (χ2n) is 4.94. The summed E-state index contributed by atoms with van der Waals surface area (Å²) in [7, 11) is 2.30. The first kappa shape index (κ1) is 21.1. The summed E-state index contributed by atoms with van der Waals surface area (Å²) in [6, 6.07) is 3.72. The number of carbonyl (C=O) groups is 4. The minimum absolute atomic E-state index is 0.0467. The number of hydrogen-bond donors (Lipinski definition) is 3. The van der Waals surface area contributed by atoms with Gasteiger partial charge in [-0.2, -0.15) is 0 Å². The van der Waals surface area contributed by atoms with Crippen LogP contribution < -0.4 is 5.32 Å². The molecule has 0 aliphatic rings. The maximum absolute atomic E-state index is 12.2. The van der Waals surface area contributed by atoms with Crippen molar-refractivity contribution in [1.82, 2.24) is 4.90 Å². The van der Waals surface area contributed by atoms with Crippen molar-refractivity contribution in [2.24, 2.45) is 0 Å². The summed E-state index contributed by atoms with van der Waals surface area (Å²) >= 11 is 0. The summed E-state index contributed by atoms with van der Waals surface area (Å²) in [5, 5.41) is 20.1. The minimum atomic E-state index is -1.11. The first-order chi connectivity index (χ1) is 12.4. The fourth-order valence-corrected chi connectivity index (χ4v) is 2.06. The Labute approximate surface area is 149 Å². The van der Waals surface area contributed by atoms with E-state index in [9.17, 15) is 19.2 Å². The number of rotatable bonds is 7. The third-order valence-electron chi connectivity index (χ3n) is 3.32. The molecular weight excluding hydrogens is 348 g/mol. The molecule has 0 radical (unpaired) electrons. The van der Waals surface area contributed by atoms with Gasteiger partial charge in [0.25, 0.3) is 0 Å². The molecule has 0 heterocycles. The summed E-state index contributed by atoms with van der Waals surface area (Å²) < 4.78 is 9.18. The van der Waals surface area contributed by atoms with Gasteiger partial charge >= 0.3 is 23.8 Å². The SMILES string of the molecule is COC(=O)c1ccc(C(=O)OC)c(NC(=O)C(=O)N(CCO)CCO)c1. The normalized spacial score (nSPS) is 10.0. The summed E-state index contributed by atoms with van der Waals surface area (Å²) in [6.45, 7) is -1.10. The van der Waals surface area contributed by atoms with Gasteiger partial charge in [-0.05, 0) is 18.2 Å². The molecule has 10 nitrogen and oxygen atoms in total. The lowest BCUT2D eigenvalue weighted by molar-refractivity contribution is -0.143. The number of carbonyl (C=O) groups excluding carboxylic acids is 4. The van der Waals surface area contributed by atoms with Gasteiger partial charge in [0, 0.05) is 13.1 Å². The number of benzene rings is 1. The van der Waals surface area contributed by atoms with Crippen molar-refractivity contribution in [2.75, 3.05) is 45.8 Å². The monoisotopic (exact) mass is 368 g/mol. The molecule has 1 rings (SSSR count). The smallest absolute Gasteiger partial charge is 0.339 e. The molecule has 0 unspecified atom stereocenters. The number of methoxy groups -OCH3 is 2. The number of hydrogen-bond acceptors (Lipinski definition) is 8. The van der Waals surface area contributed by atoms with Crippen LogP contribution >= 0.6 is 0 Å². The van der Waals surface area contributed by atoms with E-state index in [1.807, 2.05) is 0 Å². The molecule has 142 valence electrons. The Bertz CT molecular complexity index is 683. The lowest BCUT2D eigenvalue weighted by atomic mass is 10.1. The van der Waals surface area contributed by atoms with Crippen LogP contribution in [-0.4, -0.2) is 79.4 Å². The van der Waals surface area contributed by atoms with Crippen LogP contribution in [0.1, 0.15) is 20.7 Å². The highest BCUT2D eigenvalue weighted by Gasteiger charge is 2.24. The van der Waals surface area contributed by atoms with E-state index in [0.29, 0.717) is 0 Å². The van der Waals surface area contributed by atoms with Gasteiger partial charge in [0.1, 0.15) is 0 Å². The number of ether oxygens (including phenoxy) is 2. The van der Waals surface area contributed by atoms with Crippen LogP contribution in [0.15, 0.2) is 18.2 Å². The van der Waals surface area contributed by atoms with E-state index in [1.165, 1.54) is 25.3 Å². The van der Waals surface area contributed by atoms with Gasteiger partial charge in [0.15, 0.2) is 0 Å². The molecule has 1 aromatic rings. The Morgan fingerprint density at radius 3 is 2.08 bits per heavy atom. The first-order valence-electron chi connectivity index (χ1n) is 7.52. The maximum atomic E-state index is 12.2. The number of aliphatic hydroxyl groups excluding tert-OH is 2. The number of nitrogens with zero attached hydrogens (tertiary/aromatic N) is 1. The fourth-order valence-electron chi connectivity index (χ4n) is 2.06. The molecule has 0 bridgehead atoms. The third kappa shape index (κ3) is 5.26. The van der Waals surface area contributed by atoms with Crippen molar-refractivity contribution < 1.29 is 38.9 Å². The molecule has 0 spiro atoms. The van der Waals surface area contributed by atoms with E-state index in [4.69, 9.17) is 10.2 Å². The predicted molar refractivity (Wildman–Crippen MR) is 88.5 cm³/mol. The highest BCUT2D eigenvalue weighted by Crippen LogP contribution is 2.20. The highest BCUT2D eigenvalue weighted by atomic mass is 16.5. The average molecular weight is 368 g/mol. The van der Waals surface area contributed by atoms with E-state index >= 15 is 0 Å². The van der Waals surface area contributed by atoms with Crippen LogP contribution in [0.4, 0.5) is 5.69 Å². The topological polar surface area (TPSA) is 142 Å². The second kappa shape index (κ2) is 10.1. The number of esters is 2. The van der Waals surface area contributed by atoms with Gasteiger partial charge in [-0.25, -0.2) is 9.59 Å². The van der Waals surface area contributed by atoms with E-state index in [2.05, 4.69) is 14.8 Å². The summed E-state index contributed by atoms with van der Waals surface area (Å²) in [5.74, 6) is -3.62. The Balaban J connectivity index is 3.14.